The van der Waals surface area contributed by atoms with Crippen LogP contribution in [0.15, 0.2) is 70.2 Å². The molecule has 0 fully saturated rings. The summed E-state index contributed by atoms with van der Waals surface area (Å²) in [4.78, 5) is 54.6. The van der Waals surface area contributed by atoms with Crippen LogP contribution in [0.5, 0.6) is 0 Å². The molecule has 0 amide bonds. The summed E-state index contributed by atoms with van der Waals surface area (Å²) < 4.78 is 16.3. The van der Waals surface area contributed by atoms with E-state index >= 15 is 0 Å². The average Bonchev–Trinajstić information content (AvgIpc) is 2.90. The fourth-order valence-corrected chi connectivity index (χ4v) is 3.67. The zero-order valence-corrected chi connectivity index (χ0v) is 31.0. The highest BCUT2D eigenvalue weighted by Crippen LogP contribution is 2.27. The molecule has 12 nitrogen and oxygen atoms in total. The van der Waals surface area contributed by atoms with Gasteiger partial charge in [-0.05, 0) is 114 Å². The highest BCUT2D eigenvalue weighted by Gasteiger charge is 2.17. The summed E-state index contributed by atoms with van der Waals surface area (Å²) in [6, 6.07) is 9.22. The number of rotatable bonds is 7. The van der Waals surface area contributed by atoms with Crippen molar-refractivity contribution in [3.8, 4) is 0 Å². The Morgan fingerprint density at radius 2 is 1.13 bits per heavy atom. The number of nitro groups is 2. The number of hydrogen-bond acceptors (Lipinski definition) is 10. The van der Waals surface area contributed by atoms with Crippen molar-refractivity contribution >= 4 is 73.3 Å². The lowest BCUT2D eigenvalue weighted by Crippen LogP contribution is -2.22. The molecule has 0 spiro atoms. The number of halogens is 2. The van der Waals surface area contributed by atoms with E-state index in [1.54, 1.807) is 59.7 Å². The molecule has 0 saturated carbocycles. The van der Waals surface area contributed by atoms with Crippen LogP contribution in [0.3, 0.4) is 0 Å². The van der Waals surface area contributed by atoms with Crippen molar-refractivity contribution in [3.63, 3.8) is 0 Å². The fourth-order valence-electron chi connectivity index (χ4n) is 2.93. The molecule has 0 N–H and O–H groups in total. The van der Waals surface area contributed by atoms with Gasteiger partial charge in [-0.2, -0.15) is 0 Å². The Kier molecular flexibility index (Phi) is 17.2. The van der Waals surface area contributed by atoms with E-state index in [-0.39, 0.29) is 22.9 Å². The van der Waals surface area contributed by atoms with Gasteiger partial charge in [-0.1, -0.05) is 28.6 Å². The van der Waals surface area contributed by atoms with E-state index in [2.05, 4.69) is 38.4 Å². The van der Waals surface area contributed by atoms with Gasteiger partial charge in [0.15, 0.2) is 0 Å². The second-order valence-corrected chi connectivity index (χ2v) is 14.2. The topological polar surface area (TPSA) is 165 Å². The van der Waals surface area contributed by atoms with Gasteiger partial charge in [-0.15, -0.1) is 0 Å². The van der Waals surface area contributed by atoms with Crippen molar-refractivity contribution < 1.29 is 38.4 Å². The van der Waals surface area contributed by atoms with Crippen molar-refractivity contribution in [2.45, 2.75) is 79.1 Å². The molecule has 0 bridgehead atoms. The molecule has 0 aliphatic carbocycles. The Morgan fingerprint density at radius 3 is 1.51 bits per heavy atom. The smallest absolute Gasteiger partial charge is 0.331 e. The van der Waals surface area contributed by atoms with Crippen LogP contribution in [-0.2, 0) is 28.6 Å². The van der Waals surface area contributed by atoms with Gasteiger partial charge in [0.2, 0.25) is 0 Å². The quantitative estimate of drug-likeness (QED) is 0.0870. The van der Waals surface area contributed by atoms with Crippen LogP contribution in [0, 0.1) is 20.2 Å². The Morgan fingerprint density at radius 1 is 0.681 bits per heavy atom. The molecule has 256 valence electrons. The summed E-state index contributed by atoms with van der Waals surface area (Å²) in [5, 5.41) is 21.6. The molecule has 0 saturated heterocycles. The van der Waals surface area contributed by atoms with Gasteiger partial charge in [0.1, 0.15) is 16.8 Å². The van der Waals surface area contributed by atoms with Crippen LogP contribution in [0.1, 0.15) is 73.4 Å². The maximum Gasteiger partial charge on any atom is 0.331 e. The number of nitrogens with zero attached hydrogens (tertiary/aromatic N) is 2. The van der Waals surface area contributed by atoms with Gasteiger partial charge in [-0.3, -0.25) is 20.2 Å². The first-order chi connectivity index (χ1) is 21.3. The molecule has 0 unspecified atom stereocenters. The minimum Gasteiger partial charge on any atom is -0.457 e. The van der Waals surface area contributed by atoms with E-state index in [0.29, 0.717) is 14.5 Å². The van der Waals surface area contributed by atoms with Gasteiger partial charge >= 0.3 is 17.9 Å². The van der Waals surface area contributed by atoms with E-state index in [9.17, 15) is 34.6 Å². The first kappa shape index (κ1) is 42.8. The maximum atomic E-state index is 11.7. The Bertz CT molecular complexity index is 1510. The van der Waals surface area contributed by atoms with E-state index in [4.69, 9.17) is 14.2 Å². The Hall–Kier alpha value is -4.17. The lowest BCUT2D eigenvalue weighted by Gasteiger charge is -2.18. The van der Waals surface area contributed by atoms with Gasteiger partial charge in [-0.25, -0.2) is 14.4 Å². The zero-order chi connectivity index (χ0) is 36.8. The van der Waals surface area contributed by atoms with Crippen molar-refractivity contribution in [1.29, 1.82) is 0 Å². The first-order valence-corrected chi connectivity index (χ1v) is 15.5. The first-order valence-electron chi connectivity index (χ1n) is 13.9. The summed E-state index contributed by atoms with van der Waals surface area (Å²) in [6.45, 7) is 19.1. The van der Waals surface area contributed by atoms with Crippen molar-refractivity contribution in [2.75, 3.05) is 0 Å². The maximum absolute atomic E-state index is 11.7. The Balaban J connectivity index is 0.000000858. The van der Waals surface area contributed by atoms with Gasteiger partial charge in [0.25, 0.3) is 11.4 Å². The number of nitro benzene ring substituents is 2. The third kappa shape index (κ3) is 20.5. The molecule has 47 heavy (non-hydrogen) atoms. The molecule has 0 heterocycles. The number of ether oxygens (including phenoxy) is 3. The normalized spacial score (nSPS) is 11.4. The second-order valence-electron chi connectivity index (χ2n) is 12.4. The number of carbonyl (C=O) groups is 3. The van der Waals surface area contributed by atoms with E-state index in [0.717, 1.165) is 12.2 Å². The molecular weight excluding hydrogens is 744 g/mol. The number of hydrogen-bond donors (Lipinski definition) is 0. The molecule has 0 aliphatic heterocycles. The number of esters is 3. The molecule has 0 radical (unpaired) electrons. The fraction of sp³-hybridized carbons (Fsp3) is 0.364. The molecule has 14 heteroatoms. The van der Waals surface area contributed by atoms with Crippen molar-refractivity contribution in [2.24, 2.45) is 0 Å². The summed E-state index contributed by atoms with van der Waals surface area (Å²) in [7, 11) is 0. The zero-order valence-electron chi connectivity index (χ0n) is 27.8. The van der Waals surface area contributed by atoms with Crippen LogP contribution in [-0.4, -0.2) is 44.6 Å². The summed E-state index contributed by atoms with van der Waals surface area (Å²) in [5.41, 5.74) is -1.08. The summed E-state index contributed by atoms with van der Waals surface area (Å²) in [6.07, 6.45) is 6.27. The molecule has 0 aliphatic rings. The molecule has 0 aromatic heterocycles. The SMILES string of the molecule is C=CC(=O)OC(C)(C)C.CC(C)(C)OC(=O)/C=C/c1ccc(/C=C/C(=O)OC(C)(C)C)c([N+](=O)[O-])c1.O=[N+]([O-])c1cc(Br)ccc1Br. The summed E-state index contributed by atoms with van der Waals surface area (Å²) in [5.74, 6) is -1.51. The van der Waals surface area contributed by atoms with Crippen LogP contribution in [0.4, 0.5) is 11.4 Å². The number of carbonyl (C=O) groups excluding carboxylic acids is 3. The lowest BCUT2D eigenvalue weighted by molar-refractivity contribution is -0.385. The third-order valence-electron chi connectivity index (χ3n) is 4.55. The van der Waals surface area contributed by atoms with Gasteiger partial charge < -0.3 is 14.2 Å². The monoisotopic (exact) mass is 782 g/mol. The predicted octanol–water partition coefficient (Wildman–Crippen LogP) is 8.94. The van der Waals surface area contributed by atoms with E-state index in [1.807, 2.05) is 20.8 Å². The van der Waals surface area contributed by atoms with Crippen LogP contribution < -0.4 is 0 Å². The lowest BCUT2D eigenvalue weighted by atomic mass is 10.1. The highest BCUT2D eigenvalue weighted by molar-refractivity contribution is 9.11. The molecule has 2 aromatic carbocycles. The van der Waals surface area contributed by atoms with Crippen molar-refractivity contribution in [3.05, 3.63) is 102 Å². The number of benzene rings is 2. The molecular formula is C33H40Br2N2O10. The van der Waals surface area contributed by atoms with Gasteiger partial charge in [0.05, 0.1) is 19.9 Å². The van der Waals surface area contributed by atoms with E-state index < -0.39 is 38.6 Å². The standard InChI is InChI=1S/C20H25NO6.C7H12O2.C6H3Br2NO2/c1-19(2,3)26-17(22)11-8-14-7-9-15(16(13-14)21(24)25)10-12-18(23)27-20(4,5)6;1-5-6(8)9-7(2,3)4;7-4-1-2-5(8)6(3-4)9(10)11/h7-13H,1-6H3;5H,1H2,2-4H3;1-3H/b11-8+,12-10+;;. The second kappa shape index (κ2) is 18.8. The minimum absolute atomic E-state index is 0.0689. The molecule has 0 atom stereocenters. The van der Waals surface area contributed by atoms with Crippen LogP contribution in [0.2, 0.25) is 0 Å². The Labute approximate surface area is 291 Å². The van der Waals surface area contributed by atoms with Crippen LogP contribution in [0.25, 0.3) is 12.2 Å². The molecule has 2 aromatic rings. The van der Waals surface area contributed by atoms with Crippen molar-refractivity contribution in [1.82, 2.24) is 0 Å². The van der Waals surface area contributed by atoms with Crippen LogP contribution >= 0.6 is 31.9 Å². The summed E-state index contributed by atoms with van der Waals surface area (Å²) >= 11 is 6.21. The highest BCUT2D eigenvalue weighted by atomic mass is 79.9. The average molecular weight is 784 g/mol. The third-order valence-corrected chi connectivity index (χ3v) is 5.72. The largest absolute Gasteiger partial charge is 0.457 e. The van der Waals surface area contributed by atoms with E-state index in [1.165, 1.54) is 36.4 Å². The minimum atomic E-state index is -0.649. The van der Waals surface area contributed by atoms with Gasteiger partial charge in [0, 0.05) is 34.8 Å². The molecule has 2 rings (SSSR count). The predicted molar refractivity (Wildman–Crippen MR) is 187 cm³/mol.